The van der Waals surface area contributed by atoms with Gasteiger partial charge in [-0.1, -0.05) is 32.1 Å². The highest BCUT2D eigenvalue weighted by Crippen LogP contribution is 2.40. The van der Waals surface area contributed by atoms with Crippen LogP contribution >= 0.6 is 0 Å². The maximum atomic E-state index is 12.2. The summed E-state index contributed by atoms with van der Waals surface area (Å²) in [6, 6.07) is 0. The predicted molar refractivity (Wildman–Crippen MR) is 60.4 cm³/mol. The van der Waals surface area contributed by atoms with Crippen molar-refractivity contribution in [2.75, 3.05) is 0 Å². The third-order valence-corrected chi connectivity index (χ3v) is 8.90. The molecule has 1 rings (SSSR count). The van der Waals surface area contributed by atoms with Crippen molar-refractivity contribution >= 4 is 18.4 Å². The van der Waals surface area contributed by atoms with E-state index in [-0.39, 0.29) is 5.54 Å². The highest BCUT2D eigenvalue weighted by atomic mass is 32.2. The van der Waals surface area contributed by atoms with Gasteiger partial charge in [-0.2, -0.15) is 21.6 Å². The lowest BCUT2D eigenvalue weighted by molar-refractivity contribution is -0.0504. The summed E-state index contributed by atoms with van der Waals surface area (Å²) in [5, 5.41) is 0. The van der Waals surface area contributed by atoms with Gasteiger partial charge in [0, 0.05) is 0 Å². The van der Waals surface area contributed by atoms with Gasteiger partial charge in [0.2, 0.25) is 8.32 Å². The molecule has 1 fully saturated rings. The van der Waals surface area contributed by atoms with Crippen LogP contribution in [-0.4, -0.2) is 22.2 Å². The van der Waals surface area contributed by atoms with Gasteiger partial charge in [-0.15, -0.1) is 0 Å². The summed E-state index contributed by atoms with van der Waals surface area (Å²) < 4.78 is 63.2. The standard InChI is InChI=1S/C9H17F3O3SSi/c1-17(2,8-6-4-3-5-7-8)15-16(13,14)9(10,11)12/h8H,3-7H2,1-2H3. The molecule has 0 heterocycles. The minimum atomic E-state index is -5.44. The van der Waals surface area contributed by atoms with Crippen molar-refractivity contribution in [3.63, 3.8) is 0 Å². The second kappa shape index (κ2) is 4.89. The molecule has 17 heavy (non-hydrogen) atoms. The minimum Gasteiger partial charge on any atom is -0.308 e. The highest BCUT2D eigenvalue weighted by molar-refractivity contribution is 7.88. The first kappa shape index (κ1) is 15.0. The second-order valence-electron chi connectivity index (χ2n) is 4.92. The lowest BCUT2D eigenvalue weighted by atomic mass is 10.0. The van der Waals surface area contributed by atoms with Gasteiger partial charge in [-0.05, 0) is 18.6 Å². The van der Waals surface area contributed by atoms with E-state index in [2.05, 4.69) is 3.87 Å². The lowest BCUT2D eigenvalue weighted by Crippen LogP contribution is -2.43. The summed E-state index contributed by atoms with van der Waals surface area (Å²) in [4.78, 5) is 0. The summed E-state index contributed by atoms with van der Waals surface area (Å²) in [6.07, 6.45) is 4.49. The van der Waals surface area contributed by atoms with Gasteiger partial charge < -0.3 is 3.87 Å². The molecule has 102 valence electrons. The topological polar surface area (TPSA) is 43.4 Å². The van der Waals surface area contributed by atoms with Crippen LogP contribution in [0.15, 0.2) is 0 Å². The largest absolute Gasteiger partial charge is 0.522 e. The van der Waals surface area contributed by atoms with Gasteiger partial charge in [0.1, 0.15) is 0 Å². The third-order valence-electron chi connectivity index (χ3n) is 3.20. The molecule has 0 radical (unpaired) electrons. The number of halogens is 3. The van der Waals surface area contributed by atoms with Crippen molar-refractivity contribution in [3.05, 3.63) is 0 Å². The zero-order valence-electron chi connectivity index (χ0n) is 9.88. The number of hydrogen-bond acceptors (Lipinski definition) is 3. The quantitative estimate of drug-likeness (QED) is 0.591. The average Bonchev–Trinajstić information content (AvgIpc) is 2.15. The summed E-state index contributed by atoms with van der Waals surface area (Å²) in [6.45, 7) is 3.10. The van der Waals surface area contributed by atoms with Gasteiger partial charge in [-0.25, -0.2) is 0 Å². The Kier molecular flexibility index (Phi) is 4.31. The molecule has 0 saturated heterocycles. The van der Waals surface area contributed by atoms with Crippen LogP contribution in [0, 0.1) is 0 Å². The summed E-state index contributed by atoms with van der Waals surface area (Å²) in [5.41, 5.74) is -5.32. The van der Waals surface area contributed by atoms with Crippen molar-refractivity contribution < 1.29 is 25.5 Å². The third kappa shape index (κ3) is 3.69. The van der Waals surface area contributed by atoms with E-state index in [0.29, 0.717) is 0 Å². The average molecular weight is 290 g/mol. The van der Waals surface area contributed by atoms with Crippen LogP contribution < -0.4 is 0 Å². The SMILES string of the molecule is C[Si](C)(OS(=O)(=O)C(F)(F)F)C1CCCCC1. The molecule has 8 heteroatoms. The Balaban J connectivity index is 2.78. The van der Waals surface area contributed by atoms with Crippen LogP contribution in [0.1, 0.15) is 32.1 Å². The zero-order valence-corrected chi connectivity index (χ0v) is 11.7. The molecule has 0 bridgehead atoms. The molecule has 1 aliphatic rings. The van der Waals surface area contributed by atoms with Crippen LogP contribution in [0.4, 0.5) is 13.2 Å². The fourth-order valence-corrected chi connectivity index (χ4v) is 7.18. The van der Waals surface area contributed by atoms with E-state index in [1.165, 1.54) is 0 Å². The molecule has 0 aromatic carbocycles. The van der Waals surface area contributed by atoms with Crippen LogP contribution in [0.2, 0.25) is 18.6 Å². The van der Waals surface area contributed by atoms with Crippen molar-refractivity contribution in [2.45, 2.75) is 56.2 Å². The van der Waals surface area contributed by atoms with E-state index in [0.717, 1.165) is 32.1 Å². The minimum absolute atomic E-state index is 0.00613. The highest BCUT2D eigenvalue weighted by Gasteiger charge is 2.51. The fraction of sp³-hybridized carbons (Fsp3) is 1.00. The molecule has 0 atom stereocenters. The normalized spacial score (nSPS) is 20.5. The fourth-order valence-electron chi connectivity index (χ4n) is 2.20. The molecule has 0 amide bonds. The van der Waals surface area contributed by atoms with E-state index in [4.69, 9.17) is 0 Å². The van der Waals surface area contributed by atoms with Crippen molar-refractivity contribution in [1.29, 1.82) is 0 Å². The monoisotopic (exact) mass is 290 g/mol. The first-order chi connectivity index (χ1) is 7.56. The molecular formula is C9H17F3O3SSi. The molecule has 0 aromatic rings. The van der Waals surface area contributed by atoms with Gasteiger partial charge in [-0.3, -0.25) is 0 Å². The van der Waals surface area contributed by atoms with Crippen LogP contribution in [0.25, 0.3) is 0 Å². The predicted octanol–water partition coefficient (Wildman–Crippen LogP) is 3.39. The first-order valence-electron chi connectivity index (χ1n) is 5.58. The smallest absolute Gasteiger partial charge is 0.308 e. The summed E-state index contributed by atoms with van der Waals surface area (Å²) in [5.74, 6) is 0. The van der Waals surface area contributed by atoms with E-state index in [1.54, 1.807) is 13.1 Å². The Morgan fingerprint density at radius 3 is 2.00 bits per heavy atom. The number of rotatable bonds is 3. The molecular weight excluding hydrogens is 273 g/mol. The van der Waals surface area contributed by atoms with Crippen LogP contribution in [0.3, 0.4) is 0 Å². The molecule has 0 unspecified atom stereocenters. The van der Waals surface area contributed by atoms with Gasteiger partial charge in [0.25, 0.3) is 0 Å². The Morgan fingerprint density at radius 2 is 1.59 bits per heavy atom. The Hall–Kier alpha value is -0.0831. The van der Waals surface area contributed by atoms with E-state index < -0.39 is 23.9 Å². The number of hydrogen-bond donors (Lipinski definition) is 0. The first-order valence-corrected chi connectivity index (χ1v) is 9.97. The molecule has 0 aromatic heterocycles. The van der Waals surface area contributed by atoms with Gasteiger partial charge >= 0.3 is 15.6 Å². The number of alkyl halides is 3. The second-order valence-corrected chi connectivity index (χ2v) is 11.0. The van der Waals surface area contributed by atoms with Crippen molar-refractivity contribution in [2.24, 2.45) is 0 Å². The molecule has 0 N–H and O–H groups in total. The molecule has 1 aliphatic carbocycles. The Bertz CT molecular complexity index is 358. The molecule has 0 aliphatic heterocycles. The lowest BCUT2D eigenvalue weighted by Gasteiger charge is -2.33. The summed E-state index contributed by atoms with van der Waals surface area (Å²) >= 11 is 0. The molecule has 3 nitrogen and oxygen atoms in total. The Morgan fingerprint density at radius 1 is 1.12 bits per heavy atom. The zero-order chi connectivity index (χ0) is 13.3. The van der Waals surface area contributed by atoms with E-state index in [1.807, 2.05) is 0 Å². The Labute approximate surface area is 101 Å². The van der Waals surface area contributed by atoms with Crippen LogP contribution in [0.5, 0.6) is 0 Å². The van der Waals surface area contributed by atoms with E-state index >= 15 is 0 Å². The molecule has 1 saturated carbocycles. The maximum Gasteiger partial charge on any atom is 0.522 e. The molecule has 0 spiro atoms. The van der Waals surface area contributed by atoms with Crippen LogP contribution in [-0.2, 0) is 14.0 Å². The van der Waals surface area contributed by atoms with E-state index in [9.17, 15) is 21.6 Å². The van der Waals surface area contributed by atoms with Crippen molar-refractivity contribution in [1.82, 2.24) is 0 Å². The van der Waals surface area contributed by atoms with Gasteiger partial charge in [0.05, 0.1) is 0 Å². The maximum absolute atomic E-state index is 12.2. The summed E-state index contributed by atoms with van der Waals surface area (Å²) in [7, 11) is -8.30. The van der Waals surface area contributed by atoms with Crippen molar-refractivity contribution in [3.8, 4) is 0 Å². The van der Waals surface area contributed by atoms with Gasteiger partial charge in [0.15, 0.2) is 0 Å².